The summed E-state index contributed by atoms with van der Waals surface area (Å²) in [4.78, 5) is 11.4. The van der Waals surface area contributed by atoms with Crippen LogP contribution in [-0.2, 0) is 6.54 Å². The molecule has 0 saturated carbocycles. The van der Waals surface area contributed by atoms with Crippen molar-refractivity contribution in [1.29, 1.82) is 0 Å². The van der Waals surface area contributed by atoms with Crippen molar-refractivity contribution in [1.82, 2.24) is 4.57 Å². The van der Waals surface area contributed by atoms with Crippen LogP contribution in [0.15, 0.2) is 24.3 Å². The first-order valence-electron chi connectivity index (χ1n) is 4.61. The van der Waals surface area contributed by atoms with E-state index in [0.717, 1.165) is 23.1 Å². The number of fused-ring (bicyclic) bond motifs is 3. The minimum atomic E-state index is 0.195. The Balaban J connectivity index is 2.40. The SMILES string of the molecule is O=C1CCn2c1cc1cc(O)ccc12. The van der Waals surface area contributed by atoms with E-state index in [0.29, 0.717) is 6.42 Å². The van der Waals surface area contributed by atoms with Gasteiger partial charge in [-0.1, -0.05) is 0 Å². The van der Waals surface area contributed by atoms with Crippen molar-refractivity contribution in [2.75, 3.05) is 0 Å². The molecule has 70 valence electrons. The van der Waals surface area contributed by atoms with E-state index >= 15 is 0 Å². The van der Waals surface area contributed by atoms with Gasteiger partial charge in [-0.15, -0.1) is 0 Å². The number of aryl methyl sites for hydroxylation is 1. The average molecular weight is 187 g/mol. The number of carbonyl (C=O) groups is 1. The number of Topliss-reactive ketones (excluding diaryl/α,β-unsaturated/α-hetero) is 1. The molecule has 0 unspecified atom stereocenters. The number of hydrogen-bond acceptors (Lipinski definition) is 2. The third kappa shape index (κ3) is 0.839. The van der Waals surface area contributed by atoms with Gasteiger partial charge < -0.3 is 9.67 Å². The summed E-state index contributed by atoms with van der Waals surface area (Å²) < 4.78 is 2.01. The van der Waals surface area contributed by atoms with Crippen molar-refractivity contribution < 1.29 is 9.90 Å². The highest BCUT2D eigenvalue weighted by Gasteiger charge is 2.21. The first-order valence-corrected chi connectivity index (χ1v) is 4.61. The minimum Gasteiger partial charge on any atom is -0.508 e. The molecule has 0 bridgehead atoms. The van der Waals surface area contributed by atoms with Gasteiger partial charge in [-0.25, -0.2) is 0 Å². The number of nitrogens with zero attached hydrogens (tertiary/aromatic N) is 1. The number of benzene rings is 1. The predicted molar refractivity (Wildman–Crippen MR) is 52.6 cm³/mol. The fourth-order valence-electron chi connectivity index (χ4n) is 2.07. The van der Waals surface area contributed by atoms with E-state index < -0.39 is 0 Å². The predicted octanol–water partition coefficient (Wildman–Crippen LogP) is 1.93. The Labute approximate surface area is 80.6 Å². The van der Waals surface area contributed by atoms with Gasteiger partial charge in [0.25, 0.3) is 0 Å². The van der Waals surface area contributed by atoms with Crippen molar-refractivity contribution in [3.8, 4) is 5.75 Å². The van der Waals surface area contributed by atoms with Crippen LogP contribution in [0, 0.1) is 0 Å². The zero-order chi connectivity index (χ0) is 9.71. The summed E-state index contributed by atoms with van der Waals surface area (Å²) in [5, 5.41) is 10.2. The molecule has 2 heterocycles. The monoisotopic (exact) mass is 187 g/mol. The second-order valence-corrected chi connectivity index (χ2v) is 3.60. The number of phenols is 1. The van der Waals surface area contributed by atoms with Crippen molar-refractivity contribution in [3.05, 3.63) is 30.0 Å². The highest BCUT2D eigenvalue weighted by atomic mass is 16.3. The highest BCUT2D eigenvalue weighted by molar-refractivity contribution is 6.02. The lowest BCUT2D eigenvalue weighted by Gasteiger charge is -1.98. The Kier molecular flexibility index (Phi) is 1.29. The maximum absolute atomic E-state index is 11.4. The Morgan fingerprint density at radius 3 is 3.00 bits per heavy atom. The summed E-state index contributed by atoms with van der Waals surface area (Å²) in [7, 11) is 0. The van der Waals surface area contributed by atoms with Gasteiger partial charge in [-0.2, -0.15) is 0 Å². The molecule has 3 rings (SSSR count). The molecule has 0 radical (unpaired) electrons. The fourth-order valence-corrected chi connectivity index (χ4v) is 2.07. The fraction of sp³-hybridized carbons (Fsp3) is 0.182. The molecule has 14 heavy (non-hydrogen) atoms. The lowest BCUT2D eigenvalue weighted by atomic mass is 10.2. The van der Waals surface area contributed by atoms with Crippen LogP contribution in [0.1, 0.15) is 16.9 Å². The number of aromatic hydroxyl groups is 1. The number of phenolic OH excluding ortho intramolecular Hbond substituents is 1. The molecular formula is C11H9NO2. The summed E-state index contributed by atoms with van der Waals surface area (Å²) in [5.41, 5.74) is 1.80. The molecule has 0 atom stereocenters. The molecule has 1 aliphatic rings. The third-order valence-electron chi connectivity index (χ3n) is 2.73. The molecule has 2 aromatic rings. The summed E-state index contributed by atoms with van der Waals surface area (Å²) in [6.45, 7) is 0.766. The molecule has 1 aromatic heterocycles. The van der Waals surface area contributed by atoms with Gasteiger partial charge in [-0.05, 0) is 24.3 Å². The Morgan fingerprint density at radius 1 is 1.29 bits per heavy atom. The van der Waals surface area contributed by atoms with Crippen LogP contribution in [0.5, 0.6) is 5.75 Å². The first kappa shape index (κ1) is 7.62. The van der Waals surface area contributed by atoms with E-state index in [1.807, 2.05) is 16.7 Å². The van der Waals surface area contributed by atoms with Crippen LogP contribution < -0.4 is 0 Å². The van der Waals surface area contributed by atoms with Crippen LogP contribution in [0.4, 0.5) is 0 Å². The quantitative estimate of drug-likeness (QED) is 0.684. The molecule has 0 saturated heterocycles. The number of aromatic nitrogens is 1. The Hall–Kier alpha value is -1.77. The van der Waals surface area contributed by atoms with Gasteiger partial charge in [-0.3, -0.25) is 4.79 Å². The van der Waals surface area contributed by atoms with Gasteiger partial charge in [0.2, 0.25) is 0 Å². The lowest BCUT2D eigenvalue weighted by molar-refractivity contribution is 0.0994. The van der Waals surface area contributed by atoms with E-state index in [1.54, 1.807) is 12.1 Å². The van der Waals surface area contributed by atoms with E-state index in [1.165, 1.54) is 0 Å². The van der Waals surface area contributed by atoms with Crippen molar-refractivity contribution in [2.45, 2.75) is 13.0 Å². The van der Waals surface area contributed by atoms with Gasteiger partial charge in [0, 0.05) is 23.9 Å². The van der Waals surface area contributed by atoms with Crippen molar-refractivity contribution in [2.24, 2.45) is 0 Å². The number of hydrogen-bond donors (Lipinski definition) is 1. The lowest BCUT2D eigenvalue weighted by Crippen LogP contribution is -1.91. The van der Waals surface area contributed by atoms with E-state index in [-0.39, 0.29) is 11.5 Å². The molecule has 1 N–H and O–H groups in total. The minimum absolute atomic E-state index is 0.195. The molecule has 0 aliphatic carbocycles. The topological polar surface area (TPSA) is 42.2 Å². The Bertz CT molecular complexity index is 539. The molecule has 1 aliphatic heterocycles. The second-order valence-electron chi connectivity index (χ2n) is 3.60. The molecule has 0 spiro atoms. The van der Waals surface area contributed by atoms with Gasteiger partial charge in [0.1, 0.15) is 5.75 Å². The summed E-state index contributed by atoms with van der Waals surface area (Å²) in [6, 6.07) is 7.05. The van der Waals surface area contributed by atoms with Gasteiger partial charge in [0.05, 0.1) is 5.69 Å². The van der Waals surface area contributed by atoms with E-state index in [9.17, 15) is 9.90 Å². The molecule has 1 aromatic carbocycles. The summed E-state index contributed by atoms with van der Waals surface area (Å²) >= 11 is 0. The molecular weight excluding hydrogens is 178 g/mol. The molecule has 0 fully saturated rings. The number of carbonyl (C=O) groups excluding carboxylic acids is 1. The smallest absolute Gasteiger partial charge is 0.181 e. The van der Waals surface area contributed by atoms with Gasteiger partial charge >= 0.3 is 0 Å². The molecule has 3 heteroatoms. The zero-order valence-corrected chi connectivity index (χ0v) is 7.53. The maximum Gasteiger partial charge on any atom is 0.181 e. The second kappa shape index (κ2) is 2.38. The molecule has 0 amide bonds. The zero-order valence-electron chi connectivity index (χ0n) is 7.53. The van der Waals surface area contributed by atoms with Gasteiger partial charge in [0.15, 0.2) is 5.78 Å². The standard InChI is InChI=1S/C11H9NO2/c13-8-1-2-9-7(5-8)6-10-11(14)3-4-12(9)10/h1-2,5-6,13H,3-4H2. The van der Waals surface area contributed by atoms with Crippen LogP contribution >= 0.6 is 0 Å². The van der Waals surface area contributed by atoms with Crippen LogP contribution in [0.3, 0.4) is 0 Å². The number of ketones is 1. The highest BCUT2D eigenvalue weighted by Crippen LogP contribution is 2.28. The van der Waals surface area contributed by atoms with Crippen LogP contribution in [0.25, 0.3) is 10.9 Å². The van der Waals surface area contributed by atoms with E-state index in [2.05, 4.69) is 0 Å². The van der Waals surface area contributed by atoms with E-state index in [4.69, 9.17) is 0 Å². The summed E-state index contributed by atoms with van der Waals surface area (Å²) in [6.07, 6.45) is 0.603. The van der Waals surface area contributed by atoms with Crippen LogP contribution in [0.2, 0.25) is 0 Å². The third-order valence-corrected chi connectivity index (χ3v) is 2.73. The Morgan fingerprint density at radius 2 is 2.14 bits per heavy atom. The summed E-state index contributed by atoms with van der Waals surface area (Å²) in [5.74, 6) is 0.440. The average Bonchev–Trinajstić information content (AvgIpc) is 2.66. The first-order chi connectivity index (χ1) is 6.75. The van der Waals surface area contributed by atoms with Crippen LogP contribution in [-0.4, -0.2) is 15.5 Å². The largest absolute Gasteiger partial charge is 0.508 e. The molecule has 3 nitrogen and oxygen atoms in total. The van der Waals surface area contributed by atoms with Crippen molar-refractivity contribution >= 4 is 16.7 Å². The van der Waals surface area contributed by atoms with Crippen molar-refractivity contribution in [3.63, 3.8) is 0 Å². The normalized spacial score (nSPS) is 15.0. The maximum atomic E-state index is 11.4. The number of rotatable bonds is 0.